The second kappa shape index (κ2) is 5.29. The third-order valence-corrected chi connectivity index (χ3v) is 3.69. The van der Waals surface area contributed by atoms with Crippen LogP contribution < -0.4 is 5.32 Å². The highest BCUT2D eigenvalue weighted by atomic mass is 19.1. The molecule has 0 saturated heterocycles. The lowest BCUT2D eigenvalue weighted by atomic mass is 10.2. The molecule has 0 aliphatic heterocycles. The molecule has 2 aliphatic carbocycles. The lowest BCUT2D eigenvalue weighted by molar-refractivity contribution is -0.131. The zero-order valence-electron chi connectivity index (χ0n) is 10.9. The lowest BCUT2D eigenvalue weighted by Gasteiger charge is -2.23. The van der Waals surface area contributed by atoms with Gasteiger partial charge in [0.25, 0.3) is 0 Å². The van der Waals surface area contributed by atoms with Crippen LogP contribution in [0.2, 0.25) is 0 Å². The predicted octanol–water partition coefficient (Wildman–Crippen LogP) is 2.07. The molecule has 1 amide bonds. The van der Waals surface area contributed by atoms with Gasteiger partial charge in [-0.15, -0.1) is 0 Å². The zero-order valence-corrected chi connectivity index (χ0v) is 10.9. The summed E-state index contributed by atoms with van der Waals surface area (Å²) in [6.45, 7) is 1.03. The average Bonchev–Trinajstić information content (AvgIpc) is 3.28. The molecule has 1 N–H and O–H groups in total. The van der Waals surface area contributed by atoms with Crippen molar-refractivity contribution in [2.45, 2.75) is 44.3 Å². The van der Waals surface area contributed by atoms with Crippen molar-refractivity contribution in [2.24, 2.45) is 0 Å². The van der Waals surface area contributed by atoms with E-state index in [0.717, 1.165) is 18.4 Å². The molecule has 3 nitrogen and oxygen atoms in total. The number of rotatable bonds is 6. The molecule has 0 aromatic heterocycles. The molecule has 2 aliphatic rings. The molecule has 0 atom stereocenters. The Morgan fingerprint density at radius 2 is 1.89 bits per heavy atom. The Morgan fingerprint density at radius 3 is 2.47 bits per heavy atom. The van der Waals surface area contributed by atoms with E-state index in [2.05, 4.69) is 5.32 Å². The van der Waals surface area contributed by atoms with Crippen LogP contribution in [0.4, 0.5) is 4.39 Å². The van der Waals surface area contributed by atoms with Crippen LogP contribution in [0.1, 0.15) is 31.2 Å². The first-order valence-corrected chi connectivity index (χ1v) is 6.99. The number of carbonyl (C=O) groups excluding carboxylic acids is 1. The molecule has 2 saturated carbocycles. The number of hydrogen-bond donors (Lipinski definition) is 1. The first kappa shape index (κ1) is 12.6. The Morgan fingerprint density at radius 1 is 1.21 bits per heavy atom. The number of benzene rings is 1. The third-order valence-electron chi connectivity index (χ3n) is 3.69. The molecule has 0 unspecified atom stereocenters. The molecule has 0 spiro atoms. The normalized spacial score (nSPS) is 18.4. The molecular formula is C15H19FN2O. The Bertz CT molecular complexity index is 452. The second-order valence-electron chi connectivity index (χ2n) is 5.53. The van der Waals surface area contributed by atoms with Crippen LogP contribution in [-0.4, -0.2) is 29.4 Å². The first-order chi connectivity index (χ1) is 9.22. The number of amides is 1. The maximum atomic E-state index is 12.9. The fourth-order valence-electron chi connectivity index (χ4n) is 2.21. The van der Waals surface area contributed by atoms with E-state index in [4.69, 9.17) is 0 Å². The van der Waals surface area contributed by atoms with Gasteiger partial charge in [-0.05, 0) is 43.4 Å². The maximum absolute atomic E-state index is 12.9. The third kappa shape index (κ3) is 3.53. The average molecular weight is 262 g/mol. The van der Waals surface area contributed by atoms with Gasteiger partial charge in [0, 0.05) is 18.6 Å². The highest BCUT2D eigenvalue weighted by molar-refractivity contribution is 5.79. The SMILES string of the molecule is O=C(CNC1CC1)N(Cc1ccc(F)cc1)C1CC1. The number of carbonyl (C=O) groups is 1. The molecule has 19 heavy (non-hydrogen) atoms. The summed E-state index contributed by atoms with van der Waals surface area (Å²) in [4.78, 5) is 14.2. The van der Waals surface area contributed by atoms with Crippen molar-refractivity contribution in [3.8, 4) is 0 Å². The quantitative estimate of drug-likeness (QED) is 0.851. The standard InChI is InChI=1S/C15H19FN2O/c16-12-3-1-11(2-4-12)10-18(14-7-8-14)15(19)9-17-13-5-6-13/h1-4,13-14,17H,5-10H2. The monoisotopic (exact) mass is 262 g/mol. The molecular weight excluding hydrogens is 243 g/mol. The van der Waals surface area contributed by atoms with Crippen LogP contribution in [-0.2, 0) is 11.3 Å². The summed E-state index contributed by atoms with van der Waals surface area (Å²) in [6, 6.07) is 7.36. The van der Waals surface area contributed by atoms with Crippen molar-refractivity contribution in [1.82, 2.24) is 10.2 Å². The van der Waals surface area contributed by atoms with Crippen LogP contribution in [0.3, 0.4) is 0 Å². The van der Waals surface area contributed by atoms with Crippen LogP contribution in [0.15, 0.2) is 24.3 Å². The van der Waals surface area contributed by atoms with Gasteiger partial charge in [-0.3, -0.25) is 4.79 Å². The molecule has 2 fully saturated rings. The minimum absolute atomic E-state index is 0.165. The van der Waals surface area contributed by atoms with E-state index >= 15 is 0 Å². The van der Waals surface area contributed by atoms with Crippen molar-refractivity contribution < 1.29 is 9.18 Å². The van der Waals surface area contributed by atoms with Gasteiger partial charge in [0.2, 0.25) is 5.91 Å². The van der Waals surface area contributed by atoms with E-state index in [1.165, 1.54) is 25.0 Å². The molecule has 0 heterocycles. The van der Waals surface area contributed by atoms with E-state index in [1.807, 2.05) is 4.90 Å². The predicted molar refractivity (Wildman–Crippen MR) is 71.0 cm³/mol. The summed E-state index contributed by atoms with van der Waals surface area (Å²) >= 11 is 0. The molecule has 0 bridgehead atoms. The minimum Gasteiger partial charge on any atom is -0.334 e. The highest BCUT2D eigenvalue weighted by Gasteiger charge is 2.33. The maximum Gasteiger partial charge on any atom is 0.237 e. The van der Waals surface area contributed by atoms with Crippen molar-refractivity contribution in [2.75, 3.05) is 6.54 Å². The summed E-state index contributed by atoms with van der Waals surface area (Å²) in [7, 11) is 0. The van der Waals surface area contributed by atoms with Gasteiger partial charge in [0.05, 0.1) is 6.54 Å². The van der Waals surface area contributed by atoms with E-state index < -0.39 is 0 Å². The van der Waals surface area contributed by atoms with Gasteiger partial charge < -0.3 is 10.2 Å². The number of nitrogens with one attached hydrogen (secondary N) is 1. The molecule has 4 heteroatoms. The fraction of sp³-hybridized carbons (Fsp3) is 0.533. The number of nitrogens with zero attached hydrogens (tertiary/aromatic N) is 1. The van der Waals surface area contributed by atoms with E-state index in [-0.39, 0.29) is 11.7 Å². The summed E-state index contributed by atoms with van der Waals surface area (Å²) < 4.78 is 12.9. The molecule has 3 rings (SSSR count). The van der Waals surface area contributed by atoms with Gasteiger partial charge in [0.15, 0.2) is 0 Å². The van der Waals surface area contributed by atoms with E-state index in [0.29, 0.717) is 25.2 Å². The van der Waals surface area contributed by atoms with Crippen molar-refractivity contribution >= 4 is 5.91 Å². The molecule has 1 aromatic rings. The lowest BCUT2D eigenvalue weighted by Crippen LogP contribution is -2.39. The van der Waals surface area contributed by atoms with Gasteiger partial charge in [0.1, 0.15) is 5.82 Å². The smallest absolute Gasteiger partial charge is 0.237 e. The summed E-state index contributed by atoms with van der Waals surface area (Å²) in [5, 5.41) is 3.26. The van der Waals surface area contributed by atoms with Crippen LogP contribution >= 0.6 is 0 Å². The molecule has 0 radical (unpaired) electrons. The van der Waals surface area contributed by atoms with Crippen molar-refractivity contribution in [3.63, 3.8) is 0 Å². The Balaban J connectivity index is 1.59. The Labute approximate surface area is 112 Å². The van der Waals surface area contributed by atoms with Crippen LogP contribution in [0, 0.1) is 5.82 Å². The van der Waals surface area contributed by atoms with Gasteiger partial charge in [-0.1, -0.05) is 12.1 Å². The van der Waals surface area contributed by atoms with Crippen LogP contribution in [0.25, 0.3) is 0 Å². The summed E-state index contributed by atoms with van der Waals surface area (Å²) in [5.41, 5.74) is 0.994. The number of halogens is 1. The van der Waals surface area contributed by atoms with Gasteiger partial charge in [-0.25, -0.2) is 4.39 Å². The van der Waals surface area contributed by atoms with E-state index in [1.54, 1.807) is 12.1 Å². The van der Waals surface area contributed by atoms with Gasteiger partial charge in [-0.2, -0.15) is 0 Å². The topological polar surface area (TPSA) is 32.3 Å². The second-order valence-corrected chi connectivity index (χ2v) is 5.53. The largest absolute Gasteiger partial charge is 0.334 e. The highest BCUT2D eigenvalue weighted by Crippen LogP contribution is 2.28. The Kier molecular flexibility index (Phi) is 3.51. The van der Waals surface area contributed by atoms with Crippen LogP contribution in [0.5, 0.6) is 0 Å². The minimum atomic E-state index is -0.233. The van der Waals surface area contributed by atoms with Crippen molar-refractivity contribution in [1.29, 1.82) is 0 Å². The number of hydrogen-bond acceptors (Lipinski definition) is 2. The fourth-order valence-corrected chi connectivity index (χ4v) is 2.21. The van der Waals surface area contributed by atoms with E-state index in [9.17, 15) is 9.18 Å². The zero-order chi connectivity index (χ0) is 13.2. The first-order valence-electron chi connectivity index (χ1n) is 6.99. The molecule has 1 aromatic carbocycles. The Hall–Kier alpha value is -1.42. The summed E-state index contributed by atoms with van der Waals surface area (Å²) in [5.74, 6) is -0.0674. The summed E-state index contributed by atoms with van der Waals surface area (Å²) in [6.07, 6.45) is 4.57. The molecule has 102 valence electrons. The van der Waals surface area contributed by atoms with Crippen molar-refractivity contribution in [3.05, 3.63) is 35.6 Å². The van der Waals surface area contributed by atoms with Gasteiger partial charge >= 0.3 is 0 Å².